The van der Waals surface area contributed by atoms with Crippen LogP contribution < -0.4 is 5.32 Å². The average Bonchev–Trinajstić information content (AvgIpc) is 3.08. The predicted molar refractivity (Wildman–Crippen MR) is 119 cm³/mol. The molecule has 2 N–H and O–H groups in total. The number of carbonyl (C=O) groups is 3. The van der Waals surface area contributed by atoms with Crippen molar-refractivity contribution in [2.45, 2.75) is 38.6 Å². The van der Waals surface area contributed by atoms with Crippen LogP contribution >= 0.6 is 0 Å². The Balaban J connectivity index is 1.41. The minimum atomic E-state index is -1.15. The minimum absolute atomic E-state index is 0.0488. The molecule has 4 rings (SSSR count). The highest BCUT2D eigenvalue weighted by Crippen LogP contribution is 2.44. The number of carboxylic acid groups (broad SMARTS) is 1. The molecule has 2 aromatic rings. The lowest BCUT2D eigenvalue weighted by molar-refractivity contribution is -0.149. The Bertz CT molecular complexity index is 999. The van der Waals surface area contributed by atoms with E-state index in [0.29, 0.717) is 13.1 Å². The fraction of sp³-hybridized carbons (Fsp3) is 0.400. The van der Waals surface area contributed by atoms with E-state index in [2.05, 4.69) is 19.2 Å². The molecule has 32 heavy (non-hydrogen) atoms. The Morgan fingerprint density at radius 1 is 1.09 bits per heavy atom. The lowest BCUT2D eigenvalue weighted by atomic mass is 9.79. The van der Waals surface area contributed by atoms with Crippen LogP contribution in [-0.4, -0.2) is 53.7 Å². The van der Waals surface area contributed by atoms with Gasteiger partial charge in [-0.25, -0.2) is 4.79 Å². The van der Waals surface area contributed by atoms with Crippen molar-refractivity contribution in [1.82, 2.24) is 10.2 Å². The molecule has 7 heteroatoms. The maximum absolute atomic E-state index is 12.8. The molecule has 1 unspecified atom stereocenters. The van der Waals surface area contributed by atoms with Gasteiger partial charge in [0.25, 0.3) is 0 Å². The van der Waals surface area contributed by atoms with Crippen LogP contribution in [0.5, 0.6) is 0 Å². The number of nitrogens with one attached hydrogen (secondary N) is 1. The molecule has 0 saturated carbocycles. The van der Waals surface area contributed by atoms with Crippen LogP contribution in [0.1, 0.15) is 43.7 Å². The van der Waals surface area contributed by atoms with Crippen LogP contribution in [0.2, 0.25) is 0 Å². The SMILES string of the molecule is CCC1(C)CN(C(=O)C(CC(=O)O)NC(=O)OCC2c3ccccc3-c3ccccc32)C1. The second-order valence-electron chi connectivity index (χ2n) is 8.98. The van der Waals surface area contributed by atoms with Gasteiger partial charge in [-0.05, 0) is 28.7 Å². The zero-order chi connectivity index (χ0) is 22.9. The fourth-order valence-electron chi connectivity index (χ4n) is 4.63. The summed E-state index contributed by atoms with van der Waals surface area (Å²) in [5, 5.41) is 11.7. The molecule has 2 aromatic carbocycles. The van der Waals surface area contributed by atoms with E-state index in [4.69, 9.17) is 4.74 Å². The van der Waals surface area contributed by atoms with E-state index in [1.807, 2.05) is 48.5 Å². The summed E-state index contributed by atoms with van der Waals surface area (Å²) in [5.41, 5.74) is 4.45. The van der Waals surface area contributed by atoms with E-state index in [1.54, 1.807) is 4.90 Å². The number of hydrogen-bond acceptors (Lipinski definition) is 4. The number of hydrogen-bond donors (Lipinski definition) is 2. The van der Waals surface area contributed by atoms with Crippen LogP contribution in [-0.2, 0) is 14.3 Å². The van der Waals surface area contributed by atoms with Gasteiger partial charge >= 0.3 is 12.1 Å². The lowest BCUT2D eigenvalue weighted by Gasteiger charge is -2.48. The topological polar surface area (TPSA) is 95.9 Å². The number of nitrogens with zero attached hydrogens (tertiary/aromatic N) is 1. The fourth-order valence-corrected chi connectivity index (χ4v) is 4.63. The van der Waals surface area contributed by atoms with Gasteiger partial charge in [-0.3, -0.25) is 9.59 Å². The molecular formula is C25H28N2O5. The van der Waals surface area contributed by atoms with Crippen LogP contribution in [0.3, 0.4) is 0 Å². The molecule has 168 valence electrons. The van der Waals surface area contributed by atoms with Crippen molar-refractivity contribution in [2.75, 3.05) is 19.7 Å². The first-order valence-electron chi connectivity index (χ1n) is 10.9. The summed E-state index contributed by atoms with van der Waals surface area (Å²) in [4.78, 5) is 38.2. The van der Waals surface area contributed by atoms with Gasteiger partial charge in [-0.15, -0.1) is 0 Å². The Kier molecular flexibility index (Phi) is 5.91. The van der Waals surface area contributed by atoms with E-state index in [0.717, 1.165) is 28.7 Å². The molecule has 0 bridgehead atoms. The highest BCUT2D eigenvalue weighted by Gasteiger charge is 2.42. The smallest absolute Gasteiger partial charge is 0.407 e. The van der Waals surface area contributed by atoms with Crippen molar-refractivity contribution in [3.8, 4) is 11.1 Å². The molecule has 1 saturated heterocycles. The summed E-state index contributed by atoms with van der Waals surface area (Å²) >= 11 is 0. The van der Waals surface area contributed by atoms with Gasteiger partial charge in [0.05, 0.1) is 6.42 Å². The van der Waals surface area contributed by atoms with Crippen molar-refractivity contribution in [2.24, 2.45) is 5.41 Å². The van der Waals surface area contributed by atoms with E-state index in [1.165, 1.54) is 0 Å². The zero-order valence-electron chi connectivity index (χ0n) is 18.3. The zero-order valence-corrected chi connectivity index (χ0v) is 18.3. The van der Waals surface area contributed by atoms with Crippen LogP contribution in [0, 0.1) is 5.41 Å². The predicted octanol–water partition coefficient (Wildman–Crippen LogP) is 3.63. The summed E-state index contributed by atoms with van der Waals surface area (Å²) in [6.07, 6.45) is -0.340. The van der Waals surface area contributed by atoms with Gasteiger partial charge in [-0.1, -0.05) is 62.4 Å². The average molecular weight is 437 g/mol. The van der Waals surface area contributed by atoms with Crippen molar-refractivity contribution >= 4 is 18.0 Å². The van der Waals surface area contributed by atoms with E-state index in [-0.39, 0.29) is 23.8 Å². The molecule has 0 aromatic heterocycles. The van der Waals surface area contributed by atoms with Gasteiger partial charge in [0.2, 0.25) is 5.91 Å². The molecule has 1 atom stereocenters. The number of likely N-dealkylation sites (tertiary alicyclic amines) is 1. The molecule has 1 fully saturated rings. The first-order valence-corrected chi connectivity index (χ1v) is 10.9. The Hall–Kier alpha value is -3.35. The number of benzene rings is 2. The van der Waals surface area contributed by atoms with E-state index >= 15 is 0 Å². The van der Waals surface area contributed by atoms with Crippen LogP contribution in [0.4, 0.5) is 4.79 Å². The number of fused-ring (bicyclic) bond motifs is 3. The normalized spacial score (nSPS) is 17.0. The highest BCUT2D eigenvalue weighted by molar-refractivity contribution is 5.90. The molecule has 2 amide bonds. The summed E-state index contributed by atoms with van der Waals surface area (Å²) in [6, 6.07) is 14.9. The second kappa shape index (κ2) is 8.65. The molecular weight excluding hydrogens is 408 g/mol. The third-order valence-electron chi connectivity index (χ3n) is 6.62. The van der Waals surface area contributed by atoms with Gasteiger partial charge < -0.3 is 20.1 Å². The number of rotatable bonds is 7. The number of alkyl carbamates (subject to hydrolysis) is 1. The van der Waals surface area contributed by atoms with Crippen molar-refractivity contribution in [3.05, 3.63) is 59.7 Å². The second-order valence-corrected chi connectivity index (χ2v) is 8.98. The molecule has 1 aliphatic heterocycles. The first-order chi connectivity index (χ1) is 15.3. The number of amides is 2. The van der Waals surface area contributed by atoms with Crippen LogP contribution in [0.25, 0.3) is 11.1 Å². The molecule has 2 aliphatic rings. The summed E-state index contributed by atoms with van der Waals surface area (Å²) in [7, 11) is 0. The monoisotopic (exact) mass is 436 g/mol. The van der Waals surface area contributed by atoms with Gasteiger partial charge in [0.1, 0.15) is 12.6 Å². The molecule has 1 aliphatic carbocycles. The van der Waals surface area contributed by atoms with Crippen molar-refractivity contribution in [3.63, 3.8) is 0 Å². The summed E-state index contributed by atoms with van der Waals surface area (Å²) in [6.45, 7) is 5.37. The number of ether oxygens (including phenoxy) is 1. The first kappa shape index (κ1) is 21.9. The molecule has 1 heterocycles. The Morgan fingerprint density at radius 3 is 2.19 bits per heavy atom. The summed E-state index contributed by atoms with van der Waals surface area (Å²) < 4.78 is 5.48. The highest BCUT2D eigenvalue weighted by atomic mass is 16.5. The summed E-state index contributed by atoms with van der Waals surface area (Å²) in [5.74, 6) is -1.64. The number of carboxylic acids is 1. The maximum atomic E-state index is 12.8. The molecule has 0 spiro atoms. The van der Waals surface area contributed by atoms with E-state index in [9.17, 15) is 19.5 Å². The standard InChI is InChI=1S/C25H28N2O5/c1-3-25(2)14-27(15-25)23(30)21(12-22(28)29)26-24(31)32-13-20-18-10-6-4-8-16(18)17-9-5-7-11-19(17)20/h4-11,20-21H,3,12-15H2,1-2H3,(H,26,31)(H,28,29). The number of aliphatic carboxylic acids is 1. The molecule has 0 radical (unpaired) electrons. The van der Waals surface area contributed by atoms with E-state index < -0.39 is 24.5 Å². The Morgan fingerprint density at radius 2 is 1.66 bits per heavy atom. The number of carbonyl (C=O) groups excluding carboxylic acids is 2. The van der Waals surface area contributed by atoms with Gasteiger partial charge in [0, 0.05) is 24.4 Å². The quantitative estimate of drug-likeness (QED) is 0.691. The minimum Gasteiger partial charge on any atom is -0.481 e. The van der Waals surface area contributed by atoms with Crippen molar-refractivity contribution in [1.29, 1.82) is 0 Å². The van der Waals surface area contributed by atoms with Gasteiger partial charge in [0.15, 0.2) is 0 Å². The van der Waals surface area contributed by atoms with Crippen molar-refractivity contribution < 1.29 is 24.2 Å². The molecule has 7 nitrogen and oxygen atoms in total. The maximum Gasteiger partial charge on any atom is 0.407 e. The van der Waals surface area contributed by atoms with Gasteiger partial charge in [-0.2, -0.15) is 0 Å². The Labute approximate surface area is 187 Å². The van der Waals surface area contributed by atoms with Crippen LogP contribution in [0.15, 0.2) is 48.5 Å². The third-order valence-corrected chi connectivity index (χ3v) is 6.62. The third kappa shape index (κ3) is 4.20. The largest absolute Gasteiger partial charge is 0.481 e. The lowest BCUT2D eigenvalue weighted by Crippen LogP contribution is -2.61.